The first-order chi connectivity index (χ1) is 14.3. The van der Waals surface area contributed by atoms with Crippen molar-refractivity contribution in [2.24, 2.45) is 0 Å². The van der Waals surface area contributed by atoms with E-state index >= 15 is 0 Å². The van der Waals surface area contributed by atoms with Gasteiger partial charge in [0, 0.05) is 34.1 Å². The lowest BCUT2D eigenvalue weighted by Gasteiger charge is -2.12. The van der Waals surface area contributed by atoms with E-state index in [1.807, 2.05) is 36.4 Å². The van der Waals surface area contributed by atoms with Crippen LogP contribution < -0.4 is 21.3 Å². The summed E-state index contributed by atoms with van der Waals surface area (Å²) in [6.07, 6.45) is 0. The quantitative estimate of drug-likeness (QED) is 0.258. The zero-order valence-corrected chi connectivity index (χ0v) is 16.1. The summed E-state index contributed by atoms with van der Waals surface area (Å²) < 4.78 is 0. The van der Waals surface area contributed by atoms with E-state index in [0.29, 0.717) is 6.67 Å². The summed E-state index contributed by atoms with van der Waals surface area (Å²) in [6.45, 7) is 0.650. The lowest BCUT2D eigenvalue weighted by Crippen LogP contribution is -2.11. The summed E-state index contributed by atoms with van der Waals surface area (Å²) in [5.41, 5.74) is 6.43. The fourth-order valence-corrected chi connectivity index (χ4v) is 2.97. The van der Waals surface area contributed by atoms with Gasteiger partial charge >= 0.3 is 0 Å². The predicted molar refractivity (Wildman–Crippen MR) is 124 cm³/mol. The van der Waals surface area contributed by atoms with Gasteiger partial charge in [0.2, 0.25) is 0 Å². The average Bonchev–Trinajstić information content (AvgIpc) is 2.78. The molecule has 0 aliphatic carbocycles. The number of hydrogen-bond acceptors (Lipinski definition) is 4. The van der Waals surface area contributed by atoms with Crippen LogP contribution in [0.25, 0.3) is 0 Å². The molecule has 0 aliphatic heterocycles. The second-order valence-electron chi connectivity index (χ2n) is 6.67. The lowest BCUT2D eigenvalue weighted by atomic mass is 10.2. The minimum Gasteiger partial charge on any atom is -0.368 e. The Hall–Kier alpha value is -3.92. The van der Waals surface area contributed by atoms with Crippen molar-refractivity contribution in [1.29, 1.82) is 0 Å². The van der Waals surface area contributed by atoms with Crippen LogP contribution in [0, 0.1) is 0 Å². The summed E-state index contributed by atoms with van der Waals surface area (Å²) in [6, 6.07) is 36.9. The molecule has 0 radical (unpaired) electrons. The number of anilines is 6. The van der Waals surface area contributed by atoms with E-state index in [1.54, 1.807) is 0 Å². The molecule has 4 nitrogen and oxygen atoms in total. The third-order valence-electron chi connectivity index (χ3n) is 4.48. The molecule has 144 valence electrons. The highest BCUT2D eigenvalue weighted by Gasteiger charge is 1.97. The Bertz CT molecular complexity index is 913. The van der Waals surface area contributed by atoms with Crippen molar-refractivity contribution in [3.8, 4) is 0 Å². The van der Waals surface area contributed by atoms with Gasteiger partial charge in [-0.3, -0.25) is 0 Å². The number of hydrogen-bond donors (Lipinski definition) is 4. The molecule has 0 amide bonds. The van der Waals surface area contributed by atoms with E-state index in [0.717, 1.165) is 34.1 Å². The van der Waals surface area contributed by atoms with Crippen LogP contribution >= 0.6 is 0 Å². The minimum absolute atomic E-state index is 0.650. The van der Waals surface area contributed by atoms with Gasteiger partial charge in [-0.2, -0.15) is 0 Å². The van der Waals surface area contributed by atoms with Crippen molar-refractivity contribution in [2.45, 2.75) is 0 Å². The van der Waals surface area contributed by atoms with Crippen LogP contribution in [-0.4, -0.2) is 6.67 Å². The number of para-hydroxylation sites is 2. The summed E-state index contributed by atoms with van der Waals surface area (Å²) in [4.78, 5) is 0. The van der Waals surface area contributed by atoms with E-state index < -0.39 is 0 Å². The molecule has 29 heavy (non-hydrogen) atoms. The van der Waals surface area contributed by atoms with Crippen molar-refractivity contribution in [2.75, 3.05) is 27.9 Å². The molecule has 0 unspecified atom stereocenters. The largest absolute Gasteiger partial charge is 0.368 e. The molecule has 0 bridgehead atoms. The van der Waals surface area contributed by atoms with Crippen LogP contribution in [0.3, 0.4) is 0 Å². The van der Waals surface area contributed by atoms with Crippen LogP contribution in [0.4, 0.5) is 34.1 Å². The van der Waals surface area contributed by atoms with Crippen LogP contribution in [0.2, 0.25) is 0 Å². The molecule has 0 saturated carbocycles. The summed E-state index contributed by atoms with van der Waals surface area (Å²) in [5.74, 6) is 0. The third kappa shape index (κ3) is 5.53. The SMILES string of the molecule is c1ccc(Nc2ccc(NCNc3ccc(Nc4ccccc4)cc3)cc2)cc1. The van der Waals surface area contributed by atoms with Gasteiger partial charge in [-0.15, -0.1) is 0 Å². The van der Waals surface area contributed by atoms with E-state index in [1.165, 1.54) is 0 Å². The van der Waals surface area contributed by atoms with Gasteiger partial charge in [0.25, 0.3) is 0 Å². The minimum atomic E-state index is 0.650. The molecule has 0 atom stereocenters. The van der Waals surface area contributed by atoms with Crippen LogP contribution in [0.1, 0.15) is 0 Å². The highest BCUT2D eigenvalue weighted by atomic mass is 15.1. The van der Waals surface area contributed by atoms with E-state index in [-0.39, 0.29) is 0 Å². The maximum absolute atomic E-state index is 3.39. The maximum Gasteiger partial charge on any atom is 0.0849 e. The smallest absolute Gasteiger partial charge is 0.0849 e. The lowest BCUT2D eigenvalue weighted by molar-refractivity contribution is 1.22. The molecular weight excluding hydrogens is 356 g/mol. The van der Waals surface area contributed by atoms with Gasteiger partial charge < -0.3 is 21.3 Å². The molecular formula is C25H24N4. The Morgan fingerprint density at radius 2 is 0.655 bits per heavy atom. The Morgan fingerprint density at radius 1 is 0.345 bits per heavy atom. The first-order valence-corrected chi connectivity index (χ1v) is 9.67. The van der Waals surface area contributed by atoms with E-state index in [9.17, 15) is 0 Å². The number of nitrogens with one attached hydrogen (secondary N) is 4. The first kappa shape index (κ1) is 18.4. The molecule has 0 aromatic heterocycles. The van der Waals surface area contributed by atoms with Gasteiger partial charge in [-0.1, -0.05) is 36.4 Å². The Morgan fingerprint density at radius 3 is 1.03 bits per heavy atom. The normalized spacial score (nSPS) is 10.2. The Balaban J connectivity index is 1.24. The molecule has 4 heteroatoms. The van der Waals surface area contributed by atoms with Gasteiger partial charge in [0.15, 0.2) is 0 Å². The summed E-state index contributed by atoms with van der Waals surface area (Å²) >= 11 is 0. The fourth-order valence-electron chi connectivity index (χ4n) is 2.97. The molecule has 4 aromatic carbocycles. The Labute approximate surface area is 171 Å². The van der Waals surface area contributed by atoms with Crippen molar-refractivity contribution in [3.05, 3.63) is 109 Å². The number of rotatable bonds is 8. The second-order valence-corrected chi connectivity index (χ2v) is 6.67. The van der Waals surface area contributed by atoms with E-state index in [2.05, 4.69) is 94.1 Å². The van der Waals surface area contributed by atoms with Gasteiger partial charge in [-0.05, 0) is 72.8 Å². The topological polar surface area (TPSA) is 48.1 Å². The van der Waals surface area contributed by atoms with Gasteiger partial charge in [0.05, 0.1) is 6.67 Å². The Kier molecular flexibility index (Phi) is 5.93. The third-order valence-corrected chi connectivity index (χ3v) is 4.48. The fraction of sp³-hybridized carbons (Fsp3) is 0.0400. The molecule has 0 aliphatic rings. The van der Waals surface area contributed by atoms with E-state index in [4.69, 9.17) is 0 Å². The summed E-state index contributed by atoms with van der Waals surface area (Å²) in [5, 5.41) is 13.5. The predicted octanol–water partition coefficient (Wildman–Crippen LogP) is 6.66. The molecule has 4 aromatic rings. The molecule has 0 spiro atoms. The van der Waals surface area contributed by atoms with Crippen molar-refractivity contribution in [3.63, 3.8) is 0 Å². The summed E-state index contributed by atoms with van der Waals surface area (Å²) in [7, 11) is 0. The van der Waals surface area contributed by atoms with Crippen molar-refractivity contribution >= 4 is 34.1 Å². The highest BCUT2D eigenvalue weighted by molar-refractivity contribution is 5.64. The highest BCUT2D eigenvalue weighted by Crippen LogP contribution is 2.20. The molecule has 0 fully saturated rings. The second kappa shape index (κ2) is 9.33. The zero-order valence-electron chi connectivity index (χ0n) is 16.1. The van der Waals surface area contributed by atoms with Crippen LogP contribution in [0.15, 0.2) is 109 Å². The zero-order chi connectivity index (χ0) is 19.7. The average molecular weight is 380 g/mol. The van der Waals surface area contributed by atoms with Gasteiger partial charge in [-0.25, -0.2) is 0 Å². The first-order valence-electron chi connectivity index (χ1n) is 9.67. The maximum atomic E-state index is 3.39. The molecule has 0 heterocycles. The van der Waals surface area contributed by atoms with Crippen LogP contribution in [-0.2, 0) is 0 Å². The molecule has 4 rings (SSSR count). The van der Waals surface area contributed by atoms with Gasteiger partial charge in [0.1, 0.15) is 0 Å². The number of benzene rings is 4. The standard InChI is InChI=1S/C25H24N4/c1-3-7-22(8-4-1)28-24-15-11-20(12-16-24)26-19-27-21-13-17-25(18-14-21)29-23-9-5-2-6-10-23/h1-18,26-29H,19H2. The van der Waals surface area contributed by atoms with Crippen molar-refractivity contribution in [1.82, 2.24) is 0 Å². The van der Waals surface area contributed by atoms with Crippen LogP contribution in [0.5, 0.6) is 0 Å². The molecule has 0 saturated heterocycles. The van der Waals surface area contributed by atoms with Crippen molar-refractivity contribution < 1.29 is 0 Å². The molecule has 4 N–H and O–H groups in total. The monoisotopic (exact) mass is 380 g/mol.